The Bertz CT molecular complexity index is 891. The number of rotatable bonds is 10. The molecule has 0 saturated heterocycles. The summed E-state index contributed by atoms with van der Waals surface area (Å²) in [6.07, 6.45) is 5.14. The van der Waals surface area contributed by atoms with Crippen molar-refractivity contribution in [1.29, 1.82) is 0 Å². The highest BCUT2D eigenvalue weighted by molar-refractivity contribution is 5.94. The molecule has 0 aliphatic heterocycles. The standard InChI is InChI=1S/C24H30N2O4/c1-5-7-18-10-12-19(13-11-18)17(2)26(16-22(25)27)23(28)15-14-20-8-6-9-21(29-3)24(20)30-4/h6,8-15,17H,5,7,16H2,1-4H3,(H2,25,27)/b15-14+/t17-/m1/s1. The maximum Gasteiger partial charge on any atom is 0.247 e. The van der Waals surface area contributed by atoms with E-state index < -0.39 is 5.91 Å². The van der Waals surface area contributed by atoms with E-state index in [0.717, 1.165) is 18.4 Å². The van der Waals surface area contributed by atoms with Gasteiger partial charge in [0.15, 0.2) is 11.5 Å². The first-order valence-corrected chi connectivity index (χ1v) is 9.98. The van der Waals surface area contributed by atoms with Crippen LogP contribution < -0.4 is 15.2 Å². The van der Waals surface area contributed by atoms with E-state index in [1.165, 1.54) is 16.5 Å². The van der Waals surface area contributed by atoms with Crippen molar-refractivity contribution in [3.8, 4) is 11.5 Å². The zero-order valence-corrected chi connectivity index (χ0v) is 18.1. The Hall–Kier alpha value is -3.28. The third kappa shape index (κ3) is 5.86. The van der Waals surface area contributed by atoms with Gasteiger partial charge in [-0.25, -0.2) is 0 Å². The van der Waals surface area contributed by atoms with Crippen LogP contribution in [0.1, 0.15) is 43.0 Å². The molecule has 2 N–H and O–H groups in total. The fourth-order valence-electron chi connectivity index (χ4n) is 3.31. The number of amides is 2. The van der Waals surface area contributed by atoms with E-state index in [0.29, 0.717) is 17.1 Å². The summed E-state index contributed by atoms with van der Waals surface area (Å²) in [5, 5.41) is 0. The summed E-state index contributed by atoms with van der Waals surface area (Å²) < 4.78 is 10.7. The van der Waals surface area contributed by atoms with Gasteiger partial charge in [-0.3, -0.25) is 9.59 Å². The topological polar surface area (TPSA) is 81.9 Å². The van der Waals surface area contributed by atoms with Crippen molar-refractivity contribution in [2.75, 3.05) is 20.8 Å². The zero-order valence-electron chi connectivity index (χ0n) is 18.1. The number of carbonyl (C=O) groups excluding carboxylic acids is 2. The number of hydrogen-bond donors (Lipinski definition) is 1. The number of nitrogens with zero attached hydrogens (tertiary/aromatic N) is 1. The van der Waals surface area contributed by atoms with Crippen molar-refractivity contribution < 1.29 is 19.1 Å². The molecule has 0 aliphatic rings. The highest BCUT2D eigenvalue weighted by Gasteiger charge is 2.22. The molecular weight excluding hydrogens is 380 g/mol. The van der Waals surface area contributed by atoms with Gasteiger partial charge in [0.25, 0.3) is 0 Å². The first-order chi connectivity index (χ1) is 14.4. The number of aryl methyl sites for hydroxylation is 1. The van der Waals surface area contributed by atoms with Gasteiger partial charge in [0.2, 0.25) is 11.8 Å². The normalized spacial score (nSPS) is 11.9. The van der Waals surface area contributed by atoms with Crippen LogP contribution in [0.3, 0.4) is 0 Å². The fourth-order valence-corrected chi connectivity index (χ4v) is 3.31. The Balaban J connectivity index is 2.27. The Morgan fingerprint density at radius 1 is 1.10 bits per heavy atom. The van der Waals surface area contributed by atoms with Gasteiger partial charge in [-0.1, -0.05) is 49.7 Å². The highest BCUT2D eigenvalue weighted by atomic mass is 16.5. The second-order valence-corrected chi connectivity index (χ2v) is 7.02. The fraction of sp³-hybridized carbons (Fsp3) is 0.333. The van der Waals surface area contributed by atoms with Crippen LogP contribution in [0.4, 0.5) is 0 Å². The molecule has 2 aromatic carbocycles. The average molecular weight is 411 g/mol. The number of carbonyl (C=O) groups is 2. The van der Waals surface area contributed by atoms with E-state index in [1.54, 1.807) is 26.4 Å². The third-order valence-electron chi connectivity index (χ3n) is 4.92. The first kappa shape index (κ1) is 23.0. The molecule has 0 aliphatic carbocycles. The Kier molecular flexibility index (Phi) is 8.47. The molecule has 6 nitrogen and oxygen atoms in total. The monoisotopic (exact) mass is 410 g/mol. The van der Waals surface area contributed by atoms with E-state index in [2.05, 4.69) is 19.1 Å². The van der Waals surface area contributed by atoms with Crippen molar-refractivity contribution in [3.05, 3.63) is 65.2 Å². The van der Waals surface area contributed by atoms with E-state index >= 15 is 0 Å². The van der Waals surface area contributed by atoms with Crippen LogP contribution in [0.25, 0.3) is 6.08 Å². The predicted molar refractivity (Wildman–Crippen MR) is 118 cm³/mol. The van der Waals surface area contributed by atoms with E-state index in [1.807, 2.05) is 31.2 Å². The van der Waals surface area contributed by atoms with Crippen LogP contribution in [0.15, 0.2) is 48.5 Å². The maximum absolute atomic E-state index is 12.9. The predicted octanol–water partition coefficient (Wildman–Crippen LogP) is 3.74. The number of hydrogen-bond acceptors (Lipinski definition) is 4. The molecule has 2 rings (SSSR count). The molecule has 0 aromatic heterocycles. The third-order valence-corrected chi connectivity index (χ3v) is 4.92. The SMILES string of the molecule is CCCc1ccc([C@@H](C)N(CC(N)=O)C(=O)/C=C/c2cccc(OC)c2OC)cc1. The lowest BCUT2D eigenvalue weighted by molar-refractivity contribution is -0.133. The first-order valence-electron chi connectivity index (χ1n) is 9.98. The van der Waals surface area contributed by atoms with Gasteiger partial charge in [0.05, 0.1) is 20.3 Å². The average Bonchev–Trinajstić information content (AvgIpc) is 2.75. The zero-order chi connectivity index (χ0) is 22.1. The van der Waals surface area contributed by atoms with Crippen LogP contribution in [0, 0.1) is 0 Å². The van der Waals surface area contributed by atoms with Gasteiger partial charge in [-0.15, -0.1) is 0 Å². The molecule has 0 saturated carbocycles. The number of benzene rings is 2. The summed E-state index contributed by atoms with van der Waals surface area (Å²) in [7, 11) is 3.10. The van der Waals surface area contributed by atoms with E-state index in [4.69, 9.17) is 15.2 Å². The smallest absolute Gasteiger partial charge is 0.247 e. The summed E-state index contributed by atoms with van der Waals surface area (Å²) >= 11 is 0. The molecule has 0 spiro atoms. The second kappa shape index (κ2) is 11.0. The van der Waals surface area contributed by atoms with Crippen molar-refractivity contribution in [2.24, 2.45) is 5.73 Å². The molecule has 6 heteroatoms. The molecule has 0 bridgehead atoms. The molecule has 160 valence electrons. The minimum atomic E-state index is -0.565. The van der Waals surface area contributed by atoms with Crippen LogP contribution in [0.2, 0.25) is 0 Å². The molecule has 2 aromatic rings. The second-order valence-electron chi connectivity index (χ2n) is 7.02. The van der Waals surface area contributed by atoms with Crippen LogP contribution >= 0.6 is 0 Å². The quantitative estimate of drug-likeness (QED) is 0.605. The number of primary amides is 1. The van der Waals surface area contributed by atoms with Crippen molar-refractivity contribution in [1.82, 2.24) is 4.90 Å². The van der Waals surface area contributed by atoms with Gasteiger partial charge in [0.1, 0.15) is 6.54 Å². The molecule has 2 amide bonds. The molecule has 0 unspecified atom stereocenters. The van der Waals surface area contributed by atoms with Gasteiger partial charge < -0.3 is 20.1 Å². The molecule has 1 atom stereocenters. The number of ether oxygens (including phenoxy) is 2. The Morgan fingerprint density at radius 3 is 2.37 bits per heavy atom. The minimum absolute atomic E-state index is 0.170. The molecular formula is C24H30N2O4. The summed E-state index contributed by atoms with van der Waals surface area (Å²) in [4.78, 5) is 26.0. The van der Waals surface area contributed by atoms with Crippen molar-refractivity contribution in [3.63, 3.8) is 0 Å². The summed E-state index contributed by atoms with van der Waals surface area (Å²) in [6.45, 7) is 3.85. The van der Waals surface area contributed by atoms with Crippen LogP contribution in [-0.2, 0) is 16.0 Å². The van der Waals surface area contributed by atoms with Crippen molar-refractivity contribution >= 4 is 17.9 Å². The summed E-state index contributed by atoms with van der Waals surface area (Å²) in [5.41, 5.74) is 8.29. The van der Waals surface area contributed by atoms with E-state index in [9.17, 15) is 9.59 Å². The Labute approximate surface area is 178 Å². The lowest BCUT2D eigenvalue weighted by Gasteiger charge is -2.27. The van der Waals surface area contributed by atoms with Gasteiger partial charge >= 0.3 is 0 Å². The lowest BCUT2D eigenvalue weighted by atomic mass is 10.0. The summed E-state index contributed by atoms with van der Waals surface area (Å²) in [5.74, 6) is 0.223. The van der Waals surface area contributed by atoms with Crippen molar-refractivity contribution in [2.45, 2.75) is 32.7 Å². The summed E-state index contributed by atoms with van der Waals surface area (Å²) in [6, 6.07) is 13.2. The van der Waals surface area contributed by atoms with Gasteiger partial charge in [0, 0.05) is 11.6 Å². The Morgan fingerprint density at radius 2 is 1.80 bits per heavy atom. The molecule has 0 heterocycles. The number of para-hydroxylation sites is 1. The molecule has 30 heavy (non-hydrogen) atoms. The van der Waals surface area contributed by atoms with Crippen LogP contribution in [0.5, 0.6) is 11.5 Å². The van der Waals surface area contributed by atoms with Gasteiger partial charge in [-0.05, 0) is 36.6 Å². The lowest BCUT2D eigenvalue weighted by Crippen LogP contribution is -2.39. The van der Waals surface area contributed by atoms with Crippen LogP contribution in [-0.4, -0.2) is 37.5 Å². The minimum Gasteiger partial charge on any atom is -0.493 e. The highest BCUT2D eigenvalue weighted by Crippen LogP contribution is 2.31. The number of methoxy groups -OCH3 is 2. The van der Waals surface area contributed by atoms with Gasteiger partial charge in [-0.2, -0.15) is 0 Å². The van der Waals surface area contributed by atoms with E-state index in [-0.39, 0.29) is 18.5 Å². The molecule has 0 fully saturated rings. The number of nitrogens with two attached hydrogens (primary N) is 1. The molecule has 0 radical (unpaired) electrons. The maximum atomic E-state index is 12.9. The largest absolute Gasteiger partial charge is 0.493 e.